The van der Waals surface area contributed by atoms with E-state index in [4.69, 9.17) is 0 Å². The van der Waals surface area contributed by atoms with Crippen LogP contribution in [0.25, 0.3) is 0 Å². The second-order valence-electron chi connectivity index (χ2n) is 6.85. The Kier molecular flexibility index (Phi) is 5.81. The number of thiazole rings is 1. The van der Waals surface area contributed by atoms with Gasteiger partial charge in [-0.15, -0.1) is 11.3 Å². The first-order valence-electron chi connectivity index (χ1n) is 9.42. The van der Waals surface area contributed by atoms with Gasteiger partial charge in [-0.3, -0.25) is 19.9 Å². The third-order valence-electron chi connectivity index (χ3n) is 4.63. The molecule has 0 bridgehead atoms. The number of rotatable bonds is 5. The van der Waals surface area contributed by atoms with Crippen LogP contribution in [-0.2, 0) is 27.8 Å². The highest BCUT2D eigenvalue weighted by molar-refractivity contribution is 7.89. The summed E-state index contributed by atoms with van der Waals surface area (Å²) in [5.74, 6) is -0.592. The quantitative estimate of drug-likeness (QED) is 0.607. The summed E-state index contributed by atoms with van der Waals surface area (Å²) in [7, 11) is -3.70. The van der Waals surface area contributed by atoms with Crippen molar-refractivity contribution in [3.05, 3.63) is 64.9 Å². The molecule has 1 aliphatic heterocycles. The monoisotopic (exact) mass is 457 g/mol. The molecule has 3 heterocycles. The Morgan fingerprint density at radius 3 is 2.55 bits per heavy atom. The van der Waals surface area contributed by atoms with Gasteiger partial charge in [0.2, 0.25) is 15.9 Å². The van der Waals surface area contributed by atoms with Gasteiger partial charge >= 0.3 is 0 Å². The minimum absolute atomic E-state index is 0.151. The Bertz CT molecular complexity index is 1220. The fourth-order valence-corrected chi connectivity index (χ4v) is 5.66. The Hall–Kier alpha value is -3.15. The zero-order chi connectivity index (χ0) is 22.0. The number of pyridine rings is 1. The van der Waals surface area contributed by atoms with Crippen LogP contribution in [0.5, 0.6) is 0 Å². The molecular formula is C20H19N5O4S2. The molecule has 0 fully saturated rings. The zero-order valence-corrected chi connectivity index (χ0v) is 18.2. The van der Waals surface area contributed by atoms with Crippen molar-refractivity contribution in [1.82, 2.24) is 14.3 Å². The van der Waals surface area contributed by atoms with Crippen molar-refractivity contribution in [2.75, 3.05) is 17.2 Å². The predicted molar refractivity (Wildman–Crippen MR) is 116 cm³/mol. The molecule has 2 amide bonds. The molecule has 160 valence electrons. The number of carbonyl (C=O) groups is 2. The molecule has 31 heavy (non-hydrogen) atoms. The van der Waals surface area contributed by atoms with Crippen molar-refractivity contribution < 1.29 is 18.0 Å². The van der Waals surface area contributed by atoms with Crippen molar-refractivity contribution in [2.24, 2.45) is 0 Å². The highest BCUT2D eigenvalue weighted by Gasteiger charge is 2.30. The molecule has 0 atom stereocenters. The van der Waals surface area contributed by atoms with E-state index in [1.807, 2.05) is 0 Å². The van der Waals surface area contributed by atoms with Crippen LogP contribution >= 0.6 is 11.3 Å². The van der Waals surface area contributed by atoms with E-state index in [2.05, 4.69) is 20.6 Å². The summed E-state index contributed by atoms with van der Waals surface area (Å²) in [4.78, 5) is 32.8. The van der Waals surface area contributed by atoms with E-state index in [-0.39, 0.29) is 28.9 Å². The van der Waals surface area contributed by atoms with Crippen LogP contribution in [0.3, 0.4) is 0 Å². The van der Waals surface area contributed by atoms with Crippen molar-refractivity contribution in [2.45, 2.75) is 24.8 Å². The normalized spacial score (nSPS) is 14.0. The number of nitrogens with one attached hydrogen (secondary N) is 2. The molecule has 9 nitrogen and oxygen atoms in total. The van der Waals surface area contributed by atoms with Gasteiger partial charge in [-0.1, -0.05) is 6.07 Å². The maximum absolute atomic E-state index is 13.0. The topological polar surface area (TPSA) is 121 Å². The standard InChI is InChI=1S/C20H19N5O4S2/c1-13(26)22-14-5-7-15(8-6-14)31(28,29)25-11-9-16-18(12-25)30-20(23-16)24-19(27)17-4-2-3-10-21-17/h2-8,10H,9,11-12H2,1H3,(H,22,26)(H,23,24,27). The van der Waals surface area contributed by atoms with Gasteiger partial charge in [0.25, 0.3) is 5.91 Å². The van der Waals surface area contributed by atoms with Gasteiger partial charge in [0, 0.05) is 36.7 Å². The van der Waals surface area contributed by atoms with Gasteiger partial charge in [-0.05, 0) is 36.4 Å². The van der Waals surface area contributed by atoms with Crippen molar-refractivity contribution in [3.63, 3.8) is 0 Å². The van der Waals surface area contributed by atoms with E-state index >= 15 is 0 Å². The lowest BCUT2D eigenvalue weighted by Crippen LogP contribution is -2.35. The molecule has 0 radical (unpaired) electrons. The molecule has 1 aliphatic rings. The number of benzene rings is 1. The fraction of sp³-hybridized carbons (Fsp3) is 0.200. The van der Waals surface area contributed by atoms with E-state index in [0.717, 1.165) is 10.6 Å². The molecular weight excluding hydrogens is 438 g/mol. The maximum Gasteiger partial charge on any atom is 0.276 e. The molecule has 0 spiro atoms. The summed E-state index contributed by atoms with van der Waals surface area (Å²) in [5, 5.41) is 5.76. The van der Waals surface area contributed by atoms with E-state index in [1.54, 1.807) is 30.3 Å². The molecule has 3 aromatic rings. The van der Waals surface area contributed by atoms with Crippen LogP contribution in [0.2, 0.25) is 0 Å². The molecule has 11 heteroatoms. The summed E-state index contributed by atoms with van der Waals surface area (Å²) in [6, 6.07) is 11.1. The van der Waals surface area contributed by atoms with E-state index in [9.17, 15) is 18.0 Å². The van der Waals surface area contributed by atoms with Crippen LogP contribution in [0.4, 0.5) is 10.8 Å². The van der Waals surface area contributed by atoms with Crippen LogP contribution in [0.15, 0.2) is 53.6 Å². The Morgan fingerprint density at radius 1 is 1.10 bits per heavy atom. The first-order chi connectivity index (χ1) is 14.8. The van der Waals surface area contributed by atoms with Crippen LogP contribution < -0.4 is 10.6 Å². The number of carbonyl (C=O) groups excluding carboxylic acids is 2. The number of hydrogen-bond acceptors (Lipinski definition) is 7. The number of amides is 2. The minimum Gasteiger partial charge on any atom is -0.326 e. The third kappa shape index (κ3) is 4.63. The predicted octanol–water partition coefficient (Wildman–Crippen LogP) is 2.50. The van der Waals surface area contributed by atoms with Gasteiger partial charge in [-0.25, -0.2) is 13.4 Å². The number of anilines is 2. The van der Waals surface area contributed by atoms with Gasteiger partial charge in [0.05, 0.1) is 17.1 Å². The molecule has 0 saturated heterocycles. The van der Waals surface area contributed by atoms with Gasteiger partial charge in [0.15, 0.2) is 5.13 Å². The number of hydrogen-bond donors (Lipinski definition) is 2. The van der Waals surface area contributed by atoms with Crippen LogP contribution in [0, 0.1) is 0 Å². The second kappa shape index (κ2) is 8.53. The Morgan fingerprint density at radius 2 is 1.87 bits per heavy atom. The molecule has 2 aromatic heterocycles. The summed E-state index contributed by atoms with van der Waals surface area (Å²) in [6.45, 7) is 1.86. The Balaban J connectivity index is 1.48. The lowest BCUT2D eigenvalue weighted by atomic mass is 10.2. The average Bonchev–Trinajstić information content (AvgIpc) is 3.15. The van der Waals surface area contributed by atoms with Gasteiger partial charge in [-0.2, -0.15) is 4.31 Å². The van der Waals surface area contributed by atoms with Crippen molar-refractivity contribution in [3.8, 4) is 0 Å². The van der Waals surface area contributed by atoms with Crippen molar-refractivity contribution >= 4 is 44.0 Å². The van der Waals surface area contributed by atoms with Gasteiger partial charge < -0.3 is 5.32 Å². The molecule has 0 aliphatic carbocycles. The van der Waals surface area contributed by atoms with E-state index in [1.165, 1.54) is 40.9 Å². The molecule has 1 aromatic carbocycles. The summed E-state index contributed by atoms with van der Waals surface area (Å²) in [6.07, 6.45) is 1.99. The molecule has 4 rings (SSSR count). The Labute approximate surface area is 183 Å². The lowest BCUT2D eigenvalue weighted by Gasteiger charge is -2.25. The van der Waals surface area contributed by atoms with Crippen LogP contribution in [-0.4, -0.2) is 41.1 Å². The van der Waals surface area contributed by atoms with Crippen LogP contribution in [0.1, 0.15) is 28.0 Å². The summed E-state index contributed by atoms with van der Waals surface area (Å²) in [5.41, 5.74) is 1.60. The number of fused-ring (bicyclic) bond motifs is 1. The smallest absolute Gasteiger partial charge is 0.276 e. The first kappa shape index (κ1) is 21.1. The zero-order valence-electron chi connectivity index (χ0n) is 16.5. The first-order valence-corrected chi connectivity index (χ1v) is 11.7. The van der Waals surface area contributed by atoms with E-state index in [0.29, 0.717) is 23.8 Å². The minimum atomic E-state index is -3.70. The molecule has 2 N–H and O–H groups in total. The fourth-order valence-electron chi connectivity index (χ4n) is 3.15. The largest absolute Gasteiger partial charge is 0.326 e. The summed E-state index contributed by atoms with van der Waals surface area (Å²) < 4.78 is 27.5. The SMILES string of the molecule is CC(=O)Nc1ccc(S(=O)(=O)N2CCc3nc(NC(=O)c4ccccn4)sc3C2)cc1. The summed E-state index contributed by atoms with van der Waals surface area (Å²) >= 11 is 1.26. The molecule has 0 unspecified atom stereocenters. The number of aromatic nitrogens is 2. The second-order valence-corrected chi connectivity index (χ2v) is 9.87. The molecule has 0 saturated carbocycles. The van der Waals surface area contributed by atoms with Crippen molar-refractivity contribution in [1.29, 1.82) is 0 Å². The number of nitrogens with zero attached hydrogens (tertiary/aromatic N) is 3. The maximum atomic E-state index is 13.0. The van der Waals surface area contributed by atoms with Gasteiger partial charge in [0.1, 0.15) is 5.69 Å². The lowest BCUT2D eigenvalue weighted by molar-refractivity contribution is -0.114. The third-order valence-corrected chi connectivity index (χ3v) is 7.48. The van der Waals surface area contributed by atoms with E-state index < -0.39 is 10.0 Å². The average molecular weight is 458 g/mol. The highest BCUT2D eigenvalue weighted by atomic mass is 32.2. The number of sulfonamides is 1. The highest BCUT2D eigenvalue weighted by Crippen LogP contribution is 2.31.